The molecule has 1 aromatic heterocycles. The molecule has 1 aromatic carbocycles. The summed E-state index contributed by atoms with van der Waals surface area (Å²) in [6.45, 7) is 1.53. The number of carbonyl (C=O) groups excluding carboxylic acids is 1. The normalized spacial score (nSPS) is 14.7. The van der Waals surface area contributed by atoms with Crippen molar-refractivity contribution in [1.82, 2.24) is 15.0 Å². The number of nitrogens with zero attached hydrogens (tertiary/aromatic N) is 3. The molecule has 26 heavy (non-hydrogen) atoms. The monoisotopic (exact) mass is 359 g/mol. The van der Waals surface area contributed by atoms with Crippen LogP contribution in [0.3, 0.4) is 0 Å². The van der Waals surface area contributed by atoms with E-state index >= 15 is 0 Å². The maximum Gasteiger partial charge on any atom is 0.326 e. The Labute approximate surface area is 150 Å². The molecule has 0 radical (unpaired) electrons. The number of carboxylic acids is 1. The van der Waals surface area contributed by atoms with Gasteiger partial charge in [-0.2, -0.15) is 4.98 Å². The van der Waals surface area contributed by atoms with Gasteiger partial charge in [0.2, 0.25) is 17.6 Å². The fourth-order valence-electron chi connectivity index (χ4n) is 2.76. The van der Waals surface area contributed by atoms with Gasteiger partial charge in [0.1, 0.15) is 11.8 Å². The summed E-state index contributed by atoms with van der Waals surface area (Å²) in [5.41, 5.74) is 0.784. The van der Waals surface area contributed by atoms with Crippen LogP contribution in [0.5, 0.6) is 5.75 Å². The van der Waals surface area contributed by atoms with Crippen molar-refractivity contribution in [2.75, 3.05) is 7.11 Å². The van der Waals surface area contributed by atoms with Crippen molar-refractivity contribution in [3.63, 3.8) is 0 Å². The van der Waals surface area contributed by atoms with Crippen molar-refractivity contribution in [2.24, 2.45) is 0 Å². The number of rotatable bonds is 8. The average Bonchev–Trinajstić information content (AvgIpc) is 3.36. The van der Waals surface area contributed by atoms with Gasteiger partial charge in [-0.3, -0.25) is 4.79 Å². The topological polar surface area (TPSA) is 106 Å². The third-order valence-corrected chi connectivity index (χ3v) is 4.37. The van der Waals surface area contributed by atoms with E-state index in [-0.39, 0.29) is 24.8 Å². The van der Waals surface area contributed by atoms with Crippen LogP contribution in [0.4, 0.5) is 0 Å². The lowest BCUT2D eigenvalue weighted by atomic mass is 10.2. The molecule has 8 heteroatoms. The fraction of sp³-hybridized carbons (Fsp3) is 0.444. The zero-order valence-corrected chi connectivity index (χ0v) is 14.7. The first kappa shape index (κ1) is 17.9. The standard InChI is InChI=1S/C18H21N3O5/c1-11(18(23)24)21(13-5-6-13)16(22)10-9-15-19-17(20-26-15)12-3-7-14(25-2)8-4-12/h3-4,7-8,11,13H,5-6,9-10H2,1-2H3,(H,23,24). The molecule has 0 saturated heterocycles. The maximum absolute atomic E-state index is 12.5. The van der Waals surface area contributed by atoms with Crippen LogP contribution in [0.25, 0.3) is 11.4 Å². The van der Waals surface area contributed by atoms with Gasteiger partial charge < -0.3 is 19.3 Å². The molecule has 0 spiro atoms. The predicted octanol–water partition coefficient (Wildman–Crippen LogP) is 2.14. The molecule has 1 aliphatic rings. The Hall–Kier alpha value is -2.90. The molecule has 1 N–H and O–H groups in total. The highest BCUT2D eigenvalue weighted by Gasteiger charge is 2.38. The first-order valence-electron chi connectivity index (χ1n) is 8.50. The number of carboxylic acid groups (broad SMARTS) is 1. The van der Waals surface area contributed by atoms with Crippen LogP contribution >= 0.6 is 0 Å². The molecule has 1 unspecified atom stereocenters. The predicted molar refractivity (Wildman–Crippen MR) is 91.6 cm³/mol. The van der Waals surface area contributed by atoms with Crippen LogP contribution in [0.15, 0.2) is 28.8 Å². The lowest BCUT2D eigenvalue weighted by molar-refractivity contribution is -0.150. The highest BCUT2D eigenvalue weighted by Crippen LogP contribution is 2.29. The lowest BCUT2D eigenvalue weighted by Crippen LogP contribution is -2.44. The van der Waals surface area contributed by atoms with Gasteiger partial charge in [0, 0.05) is 24.4 Å². The molecule has 2 aromatic rings. The summed E-state index contributed by atoms with van der Waals surface area (Å²) in [5.74, 6) is 0.322. The zero-order chi connectivity index (χ0) is 18.7. The van der Waals surface area contributed by atoms with Crippen molar-refractivity contribution in [3.05, 3.63) is 30.2 Å². The highest BCUT2D eigenvalue weighted by atomic mass is 16.5. The number of amides is 1. The number of carbonyl (C=O) groups is 2. The fourth-order valence-corrected chi connectivity index (χ4v) is 2.76. The number of aryl methyl sites for hydroxylation is 1. The summed E-state index contributed by atoms with van der Waals surface area (Å²) in [5, 5.41) is 13.1. The van der Waals surface area contributed by atoms with Gasteiger partial charge in [-0.1, -0.05) is 5.16 Å². The summed E-state index contributed by atoms with van der Waals surface area (Å²) < 4.78 is 10.3. The van der Waals surface area contributed by atoms with Crippen LogP contribution in [-0.2, 0) is 16.0 Å². The highest BCUT2D eigenvalue weighted by molar-refractivity contribution is 5.84. The third-order valence-electron chi connectivity index (χ3n) is 4.37. The number of hydrogen-bond donors (Lipinski definition) is 1. The smallest absolute Gasteiger partial charge is 0.326 e. The number of methoxy groups -OCH3 is 1. The van der Waals surface area contributed by atoms with Gasteiger partial charge in [0.05, 0.1) is 7.11 Å². The Bertz CT molecular complexity index is 782. The minimum Gasteiger partial charge on any atom is -0.497 e. The lowest BCUT2D eigenvalue weighted by Gasteiger charge is -2.26. The van der Waals surface area contributed by atoms with Gasteiger partial charge in [0.25, 0.3) is 0 Å². The molecule has 1 saturated carbocycles. The molecule has 8 nitrogen and oxygen atoms in total. The Morgan fingerprint density at radius 1 is 1.35 bits per heavy atom. The van der Waals surface area contributed by atoms with E-state index < -0.39 is 12.0 Å². The van der Waals surface area contributed by atoms with E-state index in [1.165, 1.54) is 11.8 Å². The van der Waals surface area contributed by atoms with Crippen molar-refractivity contribution in [3.8, 4) is 17.1 Å². The number of aromatic nitrogens is 2. The summed E-state index contributed by atoms with van der Waals surface area (Å²) >= 11 is 0. The summed E-state index contributed by atoms with van der Waals surface area (Å²) in [6, 6.07) is 6.45. The van der Waals surface area contributed by atoms with Crippen molar-refractivity contribution < 1.29 is 24.0 Å². The van der Waals surface area contributed by atoms with E-state index in [0.717, 1.165) is 24.2 Å². The van der Waals surface area contributed by atoms with Gasteiger partial charge in [-0.15, -0.1) is 0 Å². The minimum atomic E-state index is -0.996. The quantitative estimate of drug-likeness (QED) is 0.769. The Morgan fingerprint density at radius 3 is 2.62 bits per heavy atom. The zero-order valence-electron chi connectivity index (χ0n) is 14.7. The van der Waals surface area contributed by atoms with Crippen LogP contribution in [0.2, 0.25) is 0 Å². The van der Waals surface area contributed by atoms with Gasteiger partial charge in [-0.05, 0) is 44.0 Å². The molecule has 1 amide bonds. The van der Waals surface area contributed by atoms with E-state index in [1.807, 2.05) is 12.1 Å². The average molecular weight is 359 g/mol. The first-order valence-corrected chi connectivity index (χ1v) is 8.50. The van der Waals surface area contributed by atoms with Crippen molar-refractivity contribution >= 4 is 11.9 Å². The number of ether oxygens (including phenoxy) is 1. The Kier molecular flexibility index (Phi) is 5.20. The first-order chi connectivity index (χ1) is 12.5. The molecule has 1 atom stereocenters. The Morgan fingerprint density at radius 2 is 2.04 bits per heavy atom. The van der Waals surface area contributed by atoms with Crippen molar-refractivity contribution in [2.45, 2.75) is 44.7 Å². The second-order valence-electron chi connectivity index (χ2n) is 6.29. The molecular weight excluding hydrogens is 338 g/mol. The van der Waals surface area contributed by atoms with Crippen molar-refractivity contribution in [1.29, 1.82) is 0 Å². The second kappa shape index (κ2) is 7.55. The SMILES string of the molecule is COc1ccc(-c2noc(CCC(=O)N(C3CC3)C(C)C(=O)O)n2)cc1. The molecule has 0 aliphatic heterocycles. The van der Waals surface area contributed by atoms with Gasteiger partial charge in [-0.25, -0.2) is 4.79 Å². The van der Waals surface area contributed by atoms with E-state index in [0.29, 0.717) is 11.7 Å². The largest absolute Gasteiger partial charge is 0.497 e. The second-order valence-corrected chi connectivity index (χ2v) is 6.29. The van der Waals surface area contributed by atoms with E-state index in [9.17, 15) is 14.7 Å². The number of hydrogen-bond acceptors (Lipinski definition) is 6. The van der Waals surface area contributed by atoms with Gasteiger partial charge >= 0.3 is 5.97 Å². The third kappa shape index (κ3) is 4.01. The molecule has 1 aliphatic carbocycles. The molecular formula is C18H21N3O5. The van der Waals surface area contributed by atoms with E-state index in [4.69, 9.17) is 9.26 Å². The molecule has 3 rings (SSSR count). The number of benzene rings is 1. The molecule has 1 fully saturated rings. The molecule has 138 valence electrons. The molecule has 0 bridgehead atoms. The van der Waals surface area contributed by atoms with Crippen LogP contribution < -0.4 is 4.74 Å². The summed E-state index contributed by atoms with van der Waals surface area (Å²) in [7, 11) is 1.59. The summed E-state index contributed by atoms with van der Waals surface area (Å²) in [4.78, 5) is 29.4. The summed E-state index contributed by atoms with van der Waals surface area (Å²) in [6.07, 6.45) is 2.12. The van der Waals surface area contributed by atoms with E-state index in [2.05, 4.69) is 10.1 Å². The maximum atomic E-state index is 12.5. The van der Waals surface area contributed by atoms with Crippen LogP contribution in [0.1, 0.15) is 32.1 Å². The molecule has 1 heterocycles. The van der Waals surface area contributed by atoms with E-state index in [1.54, 1.807) is 19.2 Å². The van der Waals surface area contributed by atoms with Crippen LogP contribution in [0, 0.1) is 0 Å². The van der Waals surface area contributed by atoms with Crippen LogP contribution in [-0.4, -0.2) is 51.2 Å². The van der Waals surface area contributed by atoms with Gasteiger partial charge in [0.15, 0.2) is 0 Å². The minimum absolute atomic E-state index is 0.0335. The number of aliphatic carboxylic acids is 1. The Balaban J connectivity index is 1.61.